The Balaban J connectivity index is 2.04. The van der Waals surface area contributed by atoms with Crippen molar-refractivity contribution in [3.05, 3.63) is 36.2 Å². The van der Waals surface area contributed by atoms with E-state index in [-0.39, 0.29) is 5.89 Å². The quantitative estimate of drug-likeness (QED) is 0.637. The van der Waals surface area contributed by atoms with Crippen molar-refractivity contribution in [1.82, 2.24) is 4.98 Å². The first-order chi connectivity index (χ1) is 8.65. The van der Waals surface area contributed by atoms with Gasteiger partial charge in [0.15, 0.2) is 12.2 Å². The van der Waals surface area contributed by atoms with E-state index in [1.54, 1.807) is 12.1 Å². The molecule has 2 aromatic rings. The average Bonchev–Trinajstić information content (AvgIpc) is 2.76. The molecule has 6 nitrogen and oxygen atoms in total. The van der Waals surface area contributed by atoms with Crippen LogP contribution in [0.3, 0.4) is 0 Å². The van der Waals surface area contributed by atoms with Gasteiger partial charge >= 0.3 is 5.97 Å². The lowest BCUT2D eigenvalue weighted by Crippen LogP contribution is -2.19. The normalized spacial score (nSPS) is 10.9. The first-order valence-electron chi connectivity index (χ1n) is 5.14. The molecule has 92 valence electrons. The topological polar surface area (TPSA) is 95.4 Å². The lowest BCUT2D eigenvalue weighted by molar-refractivity contribution is -0.142. The van der Waals surface area contributed by atoms with Crippen LogP contribution in [0.1, 0.15) is 5.89 Å². The minimum atomic E-state index is -0.710. The van der Waals surface area contributed by atoms with Crippen LogP contribution in [0.15, 0.2) is 34.8 Å². The van der Waals surface area contributed by atoms with Gasteiger partial charge in [-0.2, -0.15) is 0 Å². The van der Waals surface area contributed by atoms with Gasteiger partial charge in [0.05, 0.1) is 0 Å². The second kappa shape index (κ2) is 5.13. The Hall–Kier alpha value is -2.63. The number of rotatable bonds is 4. The molecule has 0 spiro atoms. The number of ether oxygens (including phenoxy) is 1. The van der Waals surface area contributed by atoms with Crippen LogP contribution in [0, 0.1) is 0 Å². The van der Waals surface area contributed by atoms with Gasteiger partial charge in [-0.05, 0) is 12.1 Å². The summed E-state index contributed by atoms with van der Waals surface area (Å²) in [6.07, 6.45) is 2.48. The van der Waals surface area contributed by atoms with Crippen LogP contribution < -0.4 is 5.73 Å². The van der Waals surface area contributed by atoms with Crippen molar-refractivity contribution in [2.24, 2.45) is 5.73 Å². The van der Waals surface area contributed by atoms with Gasteiger partial charge in [0.1, 0.15) is 5.52 Å². The number of fused-ring (bicyclic) bond motifs is 1. The number of carbonyl (C=O) groups is 2. The highest BCUT2D eigenvalue weighted by Crippen LogP contribution is 2.15. The van der Waals surface area contributed by atoms with Crippen LogP contribution >= 0.6 is 0 Å². The van der Waals surface area contributed by atoms with E-state index in [4.69, 9.17) is 10.2 Å². The number of primary amides is 1. The Morgan fingerprint density at radius 1 is 1.39 bits per heavy atom. The molecule has 2 N–H and O–H groups in total. The molecule has 6 heteroatoms. The molecule has 0 atom stereocenters. The zero-order valence-electron chi connectivity index (χ0n) is 9.33. The third-order valence-electron chi connectivity index (χ3n) is 2.03. The van der Waals surface area contributed by atoms with E-state index in [1.807, 2.05) is 12.1 Å². The van der Waals surface area contributed by atoms with Crippen molar-refractivity contribution in [1.29, 1.82) is 0 Å². The molecule has 0 fully saturated rings. The Morgan fingerprint density at radius 2 is 2.17 bits per heavy atom. The molecule has 1 heterocycles. The second-order valence-electron chi connectivity index (χ2n) is 3.43. The van der Waals surface area contributed by atoms with E-state index in [9.17, 15) is 9.59 Å². The highest BCUT2D eigenvalue weighted by atomic mass is 16.5. The molecule has 0 unspecified atom stereocenters. The molecular formula is C12H10N2O4. The molecule has 1 amide bonds. The molecule has 18 heavy (non-hydrogen) atoms. The number of para-hydroxylation sites is 2. The fraction of sp³-hybridized carbons (Fsp3) is 0.0833. The van der Waals surface area contributed by atoms with Crippen molar-refractivity contribution < 1.29 is 18.7 Å². The minimum Gasteiger partial charge on any atom is -0.452 e. The summed E-state index contributed by atoms with van der Waals surface area (Å²) in [5, 5.41) is 0. The molecule has 1 aromatic heterocycles. The van der Waals surface area contributed by atoms with E-state index < -0.39 is 18.5 Å². The maximum Gasteiger partial charge on any atom is 0.331 e. The van der Waals surface area contributed by atoms with E-state index in [2.05, 4.69) is 9.72 Å². The second-order valence-corrected chi connectivity index (χ2v) is 3.43. The number of hydrogen-bond donors (Lipinski definition) is 1. The van der Waals surface area contributed by atoms with Gasteiger partial charge in [-0.25, -0.2) is 9.78 Å². The maximum absolute atomic E-state index is 11.1. The average molecular weight is 246 g/mol. The van der Waals surface area contributed by atoms with Gasteiger partial charge in [-0.15, -0.1) is 0 Å². The summed E-state index contributed by atoms with van der Waals surface area (Å²) in [7, 11) is 0. The van der Waals surface area contributed by atoms with E-state index in [1.165, 1.54) is 6.08 Å². The Morgan fingerprint density at radius 3 is 2.89 bits per heavy atom. The molecular weight excluding hydrogens is 236 g/mol. The van der Waals surface area contributed by atoms with Crippen molar-refractivity contribution in [2.45, 2.75) is 0 Å². The standard InChI is InChI=1S/C12H10N2O4/c13-10(15)7-17-12(16)6-5-11-14-8-3-1-2-4-9(8)18-11/h1-6H,7H2,(H2,13,15)/b6-5+. The first kappa shape index (κ1) is 11.8. The predicted octanol–water partition coefficient (Wildman–Crippen LogP) is 0.869. The maximum atomic E-state index is 11.1. The molecule has 0 aliphatic rings. The molecule has 0 saturated carbocycles. The summed E-state index contributed by atoms with van der Waals surface area (Å²) in [6, 6.07) is 7.22. The number of aromatic nitrogens is 1. The Labute approximate surface area is 102 Å². The first-order valence-corrected chi connectivity index (χ1v) is 5.14. The van der Waals surface area contributed by atoms with Gasteiger partial charge in [-0.1, -0.05) is 12.1 Å². The summed E-state index contributed by atoms with van der Waals surface area (Å²) < 4.78 is 9.88. The van der Waals surface area contributed by atoms with Crippen LogP contribution in [0.2, 0.25) is 0 Å². The van der Waals surface area contributed by atoms with Crippen LogP contribution in [0.4, 0.5) is 0 Å². The number of nitrogens with zero attached hydrogens (tertiary/aromatic N) is 1. The highest BCUT2D eigenvalue weighted by molar-refractivity contribution is 5.88. The fourth-order valence-corrected chi connectivity index (χ4v) is 1.29. The lowest BCUT2D eigenvalue weighted by Gasteiger charge is -1.95. The van der Waals surface area contributed by atoms with Crippen LogP contribution in [0.5, 0.6) is 0 Å². The van der Waals surface area contributed by atoms with Crippen molar-refractivity contribution in [3.63, 3.8) is 0 Å². The summed E-state index contributed by atoms with van der Waals surface area (Å²) in [5.41, 5.74) is 6.15. The smallest absolute Gasteiger partial charge is 0.331 e. The van der Waals surface area contributed by atoms with Gasteiger partial charge in [0.25, 0.3) is 5.91 Å². The third kappa shape index (κ3) is 2.94. The van der Waals surface area contributed by atoms with Gasteiger partial charge in [0.2, 0.25) is 5.89 Å². The zero-order valence-corrected chi connectivity index (χ0v) is 9.33. The van der Waals surface area contributed by atoms with Crippen LogP contribution in [0.25, 0.3) is 17.2 Å². The van der Waals surface area contributed by atoms with Crippen molar-refractivity contribution in [3.8, 4) is 0 Å². The van der Waals surface area contributed by atoms with Crippen molar-refractivity contribution in [2.75, 3.05) is 6.61 Å². The highest BCUT2D eigenvalue weighted by Gasteiger charge is 2.03. The monoisotopic (exact) mass is 246 g/mol. The lowest BCUT2D eigenvalue weighted by atomic mass is 10.3. The van der Waals surface area contributed by atoms with Gasteiger partial charge < -0.3 is 14.9 Å². The number of nitrogens with two attached hydrogens (primary N) is 1. The molecule has 2 rings (SSSR count). The minimum absolute atomic E-state index is 0.284. The molecule has 0 radical (unpaired) electrons. The largest absolute Gasteiger partial charge is 0.452 e. The summed E-state index contributed by atoms with van der Waals surface area (Å²) >= 11 is 0. The molecule has 0 aliphatic carbocycles. The number of amides is 1. The van der Waals surface area contributed by atoms with Crippen LogP contribution in [-0.2, 0) is 14.3 Å². The van der Waals surface area contributed by atoms with Crippen molar-refractivity contribution >= 4 is 29.1 Å². The number of benzene rings is 1. The van der Waals surface area contributed by atoms with Crippen LogP contribution in [-0.4, -0.2) is 23.5 Å². The third-order valence-corrected chi connectivity index (χ3v) is 2.03. The Bertz CT molecular complexity index is 582. The van der Waals surface area contributed by atoms with E-state index in [0.29, 0.717) is 11.1 Å². The molecule has 1 aromatic carbocycles. The number of carbonyl (C=O) groups excluding carboxylic acids is 2. The molecule has 0 saturated heterocycles. The van der Waals surface area contributed by atoms with E-state index >= 15 is 0 Å². The molecule has 0 aliphatic heterocycles. The molecule has 0 bridgehead atoms. The summed E-state index contributed by atoms with van der Waals surface area (Å²) in [5.74, 6) is -1.11. The zero-order chi connectivity index (χ0) is 13.0. The summed E-state index contributed by atoms with van der Waals surface area (Å²) in [4.78, 5) is 25.7. The number of hydrogen-bond acceptors (Lipinski definition) is 5. The number of oxazole rings is 1. The van der Waals surface area contributed by atoms with E-state index in [0.717, 1.165) is 6.08 Å². The SMILES string of the molecule is NC(=O)COC(=O)/C=C/c1nc2ccccc2o1. The summed E-state index contributed by atoms with van der Waals surface area (Å²) in [6.45, 7) is -0.448. The number of esters is 1. The van der Waals surface area contributed by atoms with Gasteiger partial charge in [-0.3, -0.25) is 4.79 Å². The fourth-order valence-electron chi connectivity index (χ4n) is 1.29. The Kier molecular flexibility index (Phi) is 3.38. The van der Waals surface area contributed by atoms with Gasteiger partial charge in [0, 0.05) is 12.2 Å². The predicted molar refractivity (Wildman–Crippen MR) is 63.2 cm³/mol.